The van der Waals surface area contributed by atoms with Gasteiger partial charge in [-0.1, -0.05) is 18.7 Å². The summed E-state index contributed by atoms with van der Waals surface area (Å²) in [5.41, 5.74) is -0.105. The van der Waals surface area contributed by atoms with Crippen LogP contribution in [0.3, 0.4) is 0 Å². The van der Waals surface area contributed by atoms with Crippen LogP contribution in [0.25, 0.3) is 10.2 Å². The summed E-state index contributed by atoms with van der Waals surface area (Å²) in [6.45, 7) is 2.76. The Balaban J connectivity index is 1.82. The highest BCUT2D eigenvalue weighted by atomic mass is 32.2. The summed E-state index contributed by atoms with van der Waals surface area (Å²) in [7, 11) is 0. The van der Waals surface area contributed by atoms with Gasteiger partial charge in [0.25, 0.3) is 5.56 Å². The van der Waals surface area contributed by atoms with Gasteiger partial charge in [-0.3, -0.25) is 14.2 Å². The van der Waals surface area contributed by atoms with E-state index in [4.69, 9.17) is 9.15 Å². The first-order valence-electron chi connectivity index (χ1n) is 8.04. The molecule has 25 heavy (non-hydrogen) atoms. The fourth-order valence-electron chi connectivity index (χ4n) is 2.72. The number of hydrogen-bond acceptors (Lipinski definition) is 7. The third-order valence-corrected chi connectivity index (χ3v) is 6.45. The summed E-state index contributed by atoms with van der Waals surface area (Å²) >= 11 is 2.82. The normalized spacial score (nSPS) is 17.3. The lowest BCUT2D eigenvalue weighted by molar-refractivity contribution is -0.137. The van der Waals surface area contributed by atoms with Gasteiger partial charge in [0.15, 0.2) is 5.16 Å². The van der Waals surface area contributed by atoms with Crippen LogP contribution in [0.1, 0.15) is 24.0 Å². The zero-order chi connectivity index (χ0) is 17.4. The minimum atomic E-state index is -0.321. The van der Waals surface area contributed by atoms with Gasteiger partial charge in [-0.05, 0) is 24.6 Å². The molecule has 1 saturated heterocycles. The van der Waals surface area contributed by atoms with Crippen molar-refractivity contribution in [3.63, 3.8) is 0 Å². The number of thiophene rings is 1. The van der Waals surface area contributed by atoms with Crippen LogP contribution in [0.5, 0.6) is 0 Å². The van der Waals surface area contributed by atoms with Crippen molar-refractivity contribution >= 4 is 39.3 Å². The number of hydrogen-bond donors (Lipinski definition) is 0. The fourth-order valence-corrected chi connectivity index (χ4v) is 4.79. The highest BCUT2D eigenvalue weighted by Gasteiger charge is 2.30. The van der Waals surface area contributed by atoms with Crippen molar-refractivity contribution in [2.75, 3.05) is 6.61 Å². The Kier molecular flexibility index (Phi) is 4.39. The van der Waals surface area contributed by atoms with Crippen molar-refractivity contribution in [3.05, 3.63) is 45.5 Å². The average molecular weight is 376 g/mol. The Morgan fingerprint density at radius 3 is 3.00 bits per heavy atom. The van der Waals surface area contributed by atoms with E-state index in [1.807, 2.05) is 12.1 Å². The molecule has 0 bridgehead atoms. The molecule has 0 unspecified atom stereocenters. The van der Waals surface area contributed by atoms with Crippen LogP contribution in [0.15, 0.2) is 38.8 Å². The first-order chi connectivity index (χ1) is 12.2. The van der Waals surface area contributed by atoms with Crippen LogP contribution in [-0.4, -0.2) is 27.4 Å². The lowest BCUT2D eigenvalue weighted by Gasteiger charge is -2.12. The molecule has 0 aromatic carbocycles. The van der Waals surface area contributed by atoms with E-state index in [0.29, 0.717) is 34.2 Å². The number of nitrogens with zero attached hydrogens (tertiary/aromatic N) is 2. The molecule has 0 saturated carbocycles. The van der Waals surface area contributed by atoms with Crippen molar-refractivity contribution in [2.45, 2.75) is 36.7 Å². The number of thioether (sulfide) groups is 1. The molecule has 0 amide bonds. The first-order valence-corrected chi connectivity index (χ1v) is 9.74. The van der Waals surface area contributed by atoms with Gasteiger partial charge in [-0.25, -0.2) is 4.98 Å². The predicted octanol–water partition coefficient (Wildman–Crippen LogP) is 3.07. The third-order valence-electron chi connectivity index (χ3n) is 4.04. The van der Waals surface area contributed by atoms with Gasteiger partial charge in [0.1, 0.15) is 15.8 Å². The smallest absolute Gasteiger partial charge is 0.319 e. The molecule has 1 aliphatic rings. The van der Waals surface area contributed by atoms with E-state index < -0.39 is 0 Å². The molecule has 8 heteroatoms. The van der Waals surface area contributed by atoms with Crippen LogP contribution < -0.4 is 5.56 Å². The highest BCUT2D eigenvalue weighted by molar-refractivity contribution is 8.00. The predicted molar refractivity (Wildman–Crippen MR) is 96.3 cm³/mol. The maximum Gasteiger partial charge on any atom is 0.319 e. The quantitative estimate of drug-likeness (QED) is 0.503. The fraction of sp³-hybridized carbons (Fsp3) is 0.353. The lowest BCUT2D eigenvalue weighted by atomic mass is 10.3. The van der Waals surface area contributed by atoms with Crippen molar-refractivity contribution in [1.82, 2.24) is 9.55 Å². The Hall–Kier alpha value is -2.06. The molecule has 0 radical (unpaired) electrons. The molecule has 1 aliphatic heterocycles. The van der Waals surface area contributed by atoms with Gasteiger partial charge in [0.05, 0.1) is 24.8 Å². The standard InChI is InChI=1S/C17H16N2O4S2/c1-2-11-8-12-14(24-11)18-17(25-13-5-7-23-16(13)21)19(15(12)20)9-10-4-3-6-22-10/h3-4,6,8,13H,2,5,7,9H2,1H3/t13-/m0/s1. The number of furan rings is 1. The largest absolute Gasteiger partial charge is 0.467 e. The molecule has 6 nitrogen and oxygen atoms in total. The van der Waals surface area contributed by atoms with Crippen molar-refractivity contribution < 1.29 is 13.9 Å². The van der Waals surface area contributed by atoms with Crippen LogP contribution >= 0.6 is 23.1 Å². The minimum Gasteiger partial charge on any atom is -0.467 e. The Morgan fingerprint density at radius 2 is 2.32 bits per heavy atom. The van der Waals surface area contributed by atoms with E-state index in [-0.39, 0.29) is 23.3 Å². The lowest BCUT2D eigenvalue weighted by Crippen LogP contribution is -2.24. The maximum absolute atomic E-state index is 13.0. The van der Waals surface area contributed by atoms with Gasteiger partial charge < -0.3 is 9.15 Å². The van der Waals surface area contributed by atoms with Gasteiger partial charge in [-0.15, -0.1) is 11.3 Å². The monoisotopic (exact) mass is 376 g/mol. The van der Waals surface area contributed by atoms with Gasteiger partial charge in [-0.2, -0.15) is 0 Å². The summed E-state index contributed by atoms with van der Waals surface area (Å²) in [5.74, 6) is 0.425. The zero-order valence-corrected chi connectivity index (χ0v) is 15.2. The minimum absolute atomic E-state index is 0.105. The molecule has 0 N–H and O–H groups in total. The molecule has 4 heterocycles. The molecular formula is C17H16N2O4S2. The summed E-state index contributed by atoms with van der Waals surface area (Å²) in [4.78, 5) is 31.4. The number of aryl methyl sites for hydroxylation is 1. The second-order valence-electron chi connectivity index (χ2n) is 5.71. The average Bonchev–Trinajstić information content (AvgIpc) is 3.33. The number of fused-ring (bicyclic) bond motifs is 1. The zero-order valence-electron chi connectivity index (χ0n) is 13.6. The summed E-state index contributed by atoms with van der Waals surface area (Å²) in [6, 6.07) is 5.51. The number of esters is 1. The molecular weight excluding hydrogens is 360 g/mol. The second-order valence-corrected chi connectivity index (χ2v) is 8.00. The molecule has 3 aromatic rings. The van der Waals surface area contributed by atoms with Crippen LogP contribution in [0.2, 0.25) is 0 Å². The number of carbonyl (C=O) groups is 1. The maximum atomic E-state index is 13.0. The van der Waals surface area contributed by atoms with Gasteiger partial charge >= 0.3 is 5.97 Å². The van der Waals surface area contributed by atoms with Crippen molar-refractivity contribution in [3.8, 4) is 0 Å². The van der Waals surface area contributed by atoms with Crippen molar-refractivity contribution in [1.29, 1.82) is 0 Å². The number of aromatic nitrogens is 2. The Labute approximate surface area is 151 Å². The number of carbonyl (C=O) groups excluding carboxylic acids is 1. The van der Waals surface area contributed by atoms with Gasteiger partial charge in [0.2, 0.25) is 0 Å². The number of cyclic esters (lactones) is 1. The van der Waals surface area contributed by atoms with E-state index in [1.54, 1.807) is 16.9 Å². The van der Waals surface area contributed by atoms with E-state index in [1.165, 1.54) is 23.1 Å². The van der Waals surface area contributed by atoms with Crippen LogP contribution in [0, 0.1) is 0 Å². The summed E-state index contributed by atoms with van der Waals surface area (Å²) < 4.78 is 12.0. The molecule has 130 valence electrons. The molecule has 0 aliphatic carbocycles. The Bertz CT molecular complexity index is 975. The molecule has 1 atom stereocenters. The molecule has 3 aromatic heterocycles. The van der Waals surface area contributed by atoms with Crippen LogP contribution in [0.4, 0.5) is 0 Å². The molecule has 1 fully saturated rings. The van der Waals surface area contributed by atoms with Crippen molar-refractivity contribution in [2.24, 2.45) is 0 Å². The van der Waals surface area contributed by atoms with E-state index in [0.717, 1.165) is 11.3 Å². The van der Waals surface area contributed by atoms with Gasteiger partial charge in [0, 0.05) is 11.3 Å². The second kappa shape index (κ2) is 6.68. The Morgan fingerprint density at radius 1 is 1.44 bits per heavy atom. The summed E-state index contributed by atoms with van der Waals surface area (Å²) in [5, 5.41) is 0.826. The number of rotatable bonds is 5. The number of ether oxygens (including phenoxy) is 1. The van der Waals surface area contributed by atoms with Crippen LogP contribution in [-0.2, 0) is 22.5 Å². The van der Waals surface area contributed by atoms with E-state index in [9.17, 15) is 9.59 Å². The molecule has 0 spiro atoms. The molecule has 4 rings (SSSR count). The summed E-state index contributed by atoms with van der Waals surface area (Å²) in [6.07, 6.45) is 3.06. The SMILES string of the molecule is CCc1cc2c(=O)n(Cc3ccco3)c(S[C@H]3CCOC3=O)nc2s1. The first kappa shape index (κ1) is 16.4. The van der Waals surface area contributed by atoms with E-state index >= 15 is 0 Å². The third kappa shape index (κ3) is 3.11. The van der Waals surface area contributed by atoms with E-state index in [2.05, 4.69) is 11.9 Å². The highest BCUT2D eigenvalue weighted by Crippen LogP contribution is 2.31. The topological polar surface area (TPSA) is 74.3 Å².